The standard InChI is InChI=1S/C11H15N3O2S/c1-14(2)8-7-13-17(15,16)11-6-4-3-5-10(11)9-12/h3-6,13H,7-8H2,1-2H3. The van der Waals surface area contributed by atoms with E-state index < -0.39 is 10.0 Å². The van der Waals surface area contributed by atoms with Gasteiger partial charge in [-0.25, -0.2) is 13.1 Å². The van der Waals surface area contributed by atoms with Crippen molar-refractivity contribution < 1.29 is 8.42 Å². The first-order valence-electron chi connectivity index (χ1n) is 5.11. The molecule has 0 amide bonds. The van der Waals surface area contributed by atoms with Crippen LogP contribution in [0.1, 0.15) is 5.56 Å². The first-order valence-corrected chi connectivity index (χ1v) is 6.59. The summed E-state index contributed by atoms with van der Waals surface area (Å²) in [6.45, 7) is 0.920. The number of sulfonamides is 1. The molecule has 0 unspecified atom stereocenters. The molecule has 0 fully saturated rings. The van der Waals surface area contributed by atoms with Gasteiger partial charge in [0, 0.05) is 13.1 Å². The highest BCUT2D eigenvalue weighted by Gasteiger charge is 2.17. The van der Waals surface area contributed by atoms with Crippen LogP contribution in [0.3, 0.4) is 0 Å². The van der Waals surface area contributed by atoms with Crippen molar-refractivity contribution in [2.75, 3.05) is 27.2 Å². The Labute approximate surface area is 102 Å². The van der Waals surface area contributed by atoms with Crippen molar-refractivity contribution in [1.82, 2.24) is 9.62 Å². The summed E-state index contributed by atoms with van der Waals surface area (Å²) in [6.07, 6.45) is 0. The Morgan fingerprint density at radius 2 is 2.00 bits per heavy atom. The molecule has 0 aromatic heterocycles. The fraction of sp³-hybridized carbons (Fsp3) is 0.364. The molecule has 17 heavy (non-hydrogen) atoms. The average molecular weight is 253 g/mol. The molecule has 0 radical (unpaired) electrons. The predicted molar refractivity (Wildman–Crippen MR) is 64.9 cm³/mol. The van der Waals surface area contributed by atoms with Crippen LogP contribution in [0.25, 0.3) is 0 Å². The first kappa shape index (κ1) is 13.6. The second-order valence-corrected chi connectivity index (χ2v) is 5.54. The Balaban J connectivity index is 2.87. The van der Waals surface area contributed by atoms with E-state index in [0.29, 0.717) is 13.1 Å². The van der Waals surface area contributed by atoms with Crippen LogP contribution in [0, 0.1) is 11.3 Å². The van der Waals surface area contributed by atoms with E-state index in [1.165, 1.54) is 12.1 Å². The fourth-order valence-electron chi connectivity index (χ4n) is 1.27. The molecule has 0 bridgehead atoms. The van der Waals surface area contributed by atoms with Crippen LogP contribution in [0.15, 0.2) is 29.2 Å². The van der Waals surface area contributed by atoms with Crippen LogP contribution in [-0.4, -0.2) is 40.5 Å². The van der Waals surface area contributed by atoms with E-state index in [1.54, 1.807) is 12.1 Å². The molecule has 1 N–H and O–H groups in total. The zero-order chi connectivity index (χ0) is 12.9. The van der Waals surface area contributed by atoms with Gasteiger partial charge in [0.25, 0.3) is 0 Å². The molecular weight excluding hydrogens is 238 g/mol. The number of likely N-dealkylation sites (N-methyl/N-ethyl adjacent to an activating group) is 1. The summed E-state index contributed by atoms with van der Waals surface area (Å²) in [6, 6.07) is 8.02. The minimum absolute atomic E-state index is 0.0289. The largest absolute Gasteiger partial charge is 0.308 e. The van der Waals surface area contributed by atoms with E-state index >= 15 is 0 Å². The van der Waals surface area contributed by atoms with Crippen LogP contribution >= 0.6 is 0 Å². The third-order valence-electron chi connectivity index (χ3n) is 2.15. The first-order chi connectivity index (χ1) is 7.97. The van der Waals surface area contributed by atoms with Crippen molar-refractivity contribution >= 4 is 10.0 Å². The van der Waals surface area contributed by atoms with Gasteiger partial charge in [0.1, 0.15) is 6.07 Å². The summed E-state index contributed by atoms with van der Waals surface area (Å²) in [5.41, 5.74) is 0.157. The summed E-state index contributed by atoms with van der Waals surface area (Å²) in [4.78, 5) is 1.90. The monoisotopic (exact) mass is 253 g/mol. The molecule has 0 aliphatic carbocycles. The summed E-state index contributed by atoms with van der Waals surface area (Å²) in [7, 11) is 0.119. The summed E-state index contributed by atoms with van der Waals surface area (Å²) in [5.74, 6) is 0. The minimum Gasteiger partial charge on any atom is -0.308 e. The molecule has 5 nitrogen and oxygen atoms in total. The molecule has 6 heteroatoms. The van der Waals surface area contributed by atoms with Gasteiger partial charge in [0.15, 0.2) is 0 Å². The maximum Gasteiger partial charge on any atom is 0.241 e. The topological polar surface area (TPSA) is 73.2 Å². The van der Waals surface area contributed by atoms with Crippen molar-refractivity contribution in [3.05, 3.63) is 29.8 Å². The van der Waals surface area contributed by atoms with Gasteiger partial charge in [-0.15, -0.1) is 0 Å². The summed E-state index contributed by atoms with van der Waals surface area (Å²) in [5, 5.41) is 8.84. The normalized spacial score (nSPS) is 11.4. The van der Waals surface area contributed by atoms with Crippen LogP contribution in [0.4, 0.5) is 0 Å². The molecule has 1 aromatic rings. The number of hydrogen-bond acceptors (Lipinski definition) is 4. The lowest BCUT2D eigenvalue weighted by Crippen LogP contribution is -2.31. The molecule has 1 aromatic carbocycles. The molecular formula is C11H15N3O2S. The molecule has 0 saturated carbocycles. The fourth-order valence-corrected chi connectivity index (χ4v) is 2.45. The van der Waals surface area contributed by atoms with Crippen LogP contribution in [0.2, 0.25) is 0 Å². The number of nitriles is 1. The van der Waals surface area contributed by atoms with Gasteiger partial charge < -0.3 is 4.90 Å². The SMILES string of the molecule is CN(C)CCNS(=O)(=O)c1ccccc1C#N. The second-order valence-electron chi connectivity index (χ2n) is 3.81. The van der Waals surface area contributed by atoms with Gasteiger partial charge in [0.2, 0.25) is 10.0 Å². The number of nitrogens with zero attached hydrogens (tertiary/aromatic N) is 2. The van der Waals surface area contributed by atoms with Gasteiger partial charge in [0.05, 0.1) is 10.5 Å². The molecule has 1 rings (SSSR count). The Morgan fingerprint density at radius 3 is 2.59 bits per heavy atom. The zero-order valence-corrected chi connectivity index (χ0v) is 10.7. The zero-order valence-electron chi connectivity index (χ0n) is 9.84. The Hall–Kier alpha value is -1.42. The van der Waals surface area contributed by atoms with Crippen molar-refractivity contribution in [3.63, 3.8) is 0 Å². The second kappa shape index (κ2) is 5.77. The molecule has 0 atom stereocenters. The number of benzene rings is 1. The van der Waals surface area contributed by atoms with Crippen molar-refractivity contribution in [1.29, 1.82) is 5.26 Å². The van der Waals surface area contributed by atoms with E-state index in [1.807, 2.05) is 25.1 Å². The van der Waals surface area contributed by atoms with Gasteiger partial charge >= 0.3 is 0 Å². The molecule has 0 heterocycles. The van der Waals surface area contributed by atoms with Crippen LogP contribution < -0.4 is 4.72 Å². The highest BCUT2D eigenvalue weighted by atomic mass is 32.2. The Kier molecular flexibility index (Phi) is 4.63. The van der Waals surface area contributed by atoms with E-state index in [0.717, 1.165) is 0 Å². The highest BCUT2D eigenvalue weighted by molar-refractivity contribution is 7.89. The smallest absolute Gasteiger partial charge is 0.241 e. The van der Waals surface area contributed by atoms with E-state index in [2.05, 4.69) is 4.72 Å². The van der Waals surface area contributed by atoms with Gasteiger partial charge in [-0.3, -0.25) is 0 Å². The molecule has 0 aliphatic heterocycles. The van der Waals surface area contributed by atoms with Crippen LogP contribution in [0.5, 0.6) is 0 Å². The lowest BCUT2D eigenvalue weighted by atomic mass is 10.2. The maximum absolute atomic E-state index is 11.9. The van der Waals surface area contributed by atoms with Gasteiger partial charge in [-0.05, 0) is 26.2 Å². The van der Waals surface area contributed by atoms with Crippen molar-refractivity contribution in [3.8, 4) is 6.07 Å². The Morgan fingerprint density at radius 1 is 1.35 bits per heavy atom. The highest BCUT2D eigenvalue weighted by Crippen LogP contribution is 2.13. The summed E-state index contributed by atoms with van der Waals surface area (Å²) >= 11 is 0. The summed E-state index contributed by atoms with van der Waals surface area (Å²) < 4.78 is 26.3. The van der Waals surface area contributed by atoms with Crippen molar-refractivity contribution in [2.24, 2.45) is 0 Å². The molecule has 0 saturated heterocycles. The quantitative estimate of drug-likeness (QED) is 0.824. The lowest BCUT2D eigenvalue weighted by molar-refractivity contribution is 0.412. The average Bonchev–Trinajstić information content (AvgIpc) is 2.28. The van der Waals surface area contributed by atoms with Gasteiger partial charge in [-0.1, -0.05) is 12.1 Å². The predicted octanol–water partition coefficient (Wildman–Crippen LogP) is 0.398. The van der Waals surface area contributed by atoms with Gasteiger partial charge in [-0.2, -0.15) is 5.26 Å². The number of hydrogen-bond donors (Lipinski definition) is 1. The maximum atomic E-state index is 11.9. The van der Waals surface area contributed by atoms with Crippen LogP contribution in [-0.2, 0) is 10.0 Å². The minimum atomic E-state index is -3.60. The Bertz CT molecular complexity index is 518. The third-order valence-corrected chi connectivity index (χ3v) is 3.67. The number of nitrogens with one attached hydrogen (secondary N) is 1. The molecule has 0 spiro atoms. The lowest BCUT2D eigenvalue weighted by Gasteiger charge is -2.11. The van der Waals surface area contributed by atoms with E-state index in [4.69, 9.17) is 5.26 Å². The molecule has 0 aliphatic rings. The van der Waals surface area contributed by atoms with E-state index in [-0.39, 0.29) is 10.5 Å². The molecule has 92 valence electrons. The van der Waals surface area contributed by atoms with Crippen molar-refractivity contribution in [2.45, 2.75) is 4.90 Å². The number of rotatable bonds is 5. The van der Waals surface area contributed by atoms with E-state index in [9.17, 15) is 8.42 Å². The third kappa shape index (κ3) is 3.82.